The summed E-state index contributed by atoms with van der Waals surface area (Å²) >= 11 is 4.33. The van der Waals surface area contributed by atoms with Crippen LogP contribution in [0.4, 0.5) is 0 Å². The van der Waals surface area contributed by atoms with Crippen molar-refractivity contribution in [2.45, 2.75) is 30.3 Å². The summed E-state index contributed by atoms with van der Waals surface area (Å²) in [6.45, 7) is 2.26. The van der Waals surface area contributed by atoms with Crippen molar-refractivity contribution >= 4 is 34.4 Å². The maximum atomic E-state index is 3.79. The van der Waals surface area contributed by atoms with Gasteiger partial charge in [-0.1, -0.05) is 30.3 Å². The van der Waals surface area contributed by atoms with E-state index in [2.05, 4.69) is 83.4 Å². The van der Waals surface area contributed by atoms with E-state index in [4.69, 9.17) is 0 Å². The molecule has 2 atom stereocenters. The Balaban J connectivity index is 1.77. The van der Waals surface area contributed by atoms with E-state index in [0.717, 1.165) is 0 Å². The number of hydrogen-bond acceptors (Lipinski definition) is 2. The molecule has 0 aromatic heterocycles. The molecule has 2 aromatic rings. The van der Waals surface area contributed by atoms with E-state index in [9.17, 15) is 0 Å². The van der Waals surface area contributed by atoms with Gasteiger partial charge in [0, 0.05) is 20.5 Å². The van der Waals surface area contributed by atoms with E-state index in [0.29, 0.717) is 12.1 Å². The third-order valence-corrected chi connectivity index (χ3v) is 5.62. The number of hydrogen-bond donors (Lipinski definition) is 1. The Morgan fingerprint density at radius 2 is 1.90 bits per heavy atom. The molecule has 0 radical (unpaired) electrons. The standard InChI is InChI=1S/C17H18INS/c1-12(13-6-8-14(18)9-7-13)19-16-10-11-20-17-5-3-2-4-15(16)17/h2-9,12,16,19H,10-11H2,1H3. The molecule has 3 heteroatoms. The van der Waals surface area contributed by atoms with Crippen LogP contribution < -0.4 is 5.32 Å². The molecule has 0 fully saturated rings. The maximum absolute atomic E-state index is 3.79. The highest BCUT2D eigenvalue weighted by molar-refractivity contribution is 14.1. The predicted octanol–water partition coefficient (Wildman–Crippen LogP) is 5.18. The van der Waals surface area contributed by atoms with Crippen molar-refractivity contribution in [2.75, 3.05) is 5.75 Å². The summed E-state index contributed by atoms with van der Waals surface area (Å²) in [6, 6.07) is 18.5. The lowest BCUT2D eigenvalue weighted by Crippen LogP contribution is -2.27. The van der Waals surface area contributed by atoms with E-state index < -0.39 is 0 Å². The molecule has 104 valence electrons. The fraction of sp³-hybridized carbons (Fsp3) is 0.294. The minimum atomic E-state index is 0.383. The third-order valence-electron chi connectivity index (χ3n) is 3.78. The molecule has 1 heterocycles. The molecule has 0 aliphatic carbocycles. The Morgan fingerprint density at radius 3 is 2.70 bits per heavy atom. The van der Waals surface area contributed by atoms with Gasteiger partial charge in [0.2, 0.25) is 0 Å². The van der Waals surface area contributed by atoms with Crippen LogP contribution in [0.5, 0.6) is 0 Å². The van der Waals surface area contributed by atoms with Gasteiger partial charge in [-0.3, -0.25) is 0 Å². The topological polar surface area (TPSA) is 12.0 Å². The highest BCUT2D eigenvalue weighted by Crippen LogP contribution is 2.37. The van der Waals surface area contributed by atoms with Gasteiger partial charge in [-0.15, -0.1) is 11.8 Å². The zero-order valence-electron chi connectivity index (χ0n) is 11.5. The Hall–Kier alpha value is -0.520. The molecule has 3 rings (SSSR count). The second kappa shape index (κ2) is 6.50. The SMILES string of the molecule is CC(NC1CCSc2ccccc21)c1ccc(I)cc1. The predicted molar refractivity (Wildman–Crippen MR) is 95.2 cm³/mol. The molecule has 0 saturated heterocycles. The van der Waals surface area contributed by atoms with Crippen LogP contribution in [0.2, 0.25) is 0 Å². The number of benzene rings is 2. The Morgan fingerprint density at radius 1 is 1.15 bits per heavy atom. The molecule has 20 heavy (non-hydrogen) atoms. The molecule has 1 N–H and O–H groups in total. The van der Waals surface area contributed by atoms with Gasteiger partial charge in [0.25, 0.3) is 0 Å². The zero-order valence-corrected chi connectivity index (χ0v) is 14.4. The van der Waals surface area contributed by atoms with E-state index in [-0.39, 0.29) is 0 Å². The van der Waals surface area contributed by atoms with Gasteiger partial charge in [0.15, 0.2) is 0 Å². The van der Waals surface area contributed by atoms with Crippen LogP contribution in [-0.2, 0) is 0 Å². The molecule has 2 unspecified atom stereocenters. The Bertz CT molecular complexity index is 582. The highest BCUT2D eigenvalue weighted by atomic mass is 127. The molecule has 0 bridgehead atoms. The summed E-state index contributed by atoms with van der Waals surface area (Å²) in [4.78, 5) is 1.44. The van der Waals surface area contributed by atoms with Gasteiger partial charge in [-0.25, -0.2) is 0 Å². The smallest absolute Gasteiger partial charge is 0.0344 e. The van der Waals surface area contributed by atoms with Gasteiger partial charge in [0.1, 0.15) is 0 Å². The molecule has 0 amide bonds. The van der Waals surface area contributed by atoms with Gasteiger partial charge in [-0.2, -0.15) is 0 Å². The molecule has 2 aromatic carbocycles. The summed E-state index contributed by atoms with van der Waals surface area (Å²) in [5, 5.41) is 3.79. The van der Waals surface area contributed by atoms with E-state index in [1.807, 2.05) is 11.8 Å². The van der Waals surface area contributed by atoms with E-state index in [1.54, 1.807) is 0 Å². The first kappa shape index (κ1) is 14.4. The van der Waals surface area contributed by atoms with Crippen LogP contribution in [0.25, 0.3) is 0 Å². The second-order valence-corrected chi connectivity index (χ2v) is 7.55. The summed E-state index contributed by atoms with van der Waals surface area (Å²) in [5.41, 5.74) is 2.82. The molecule has 1 nitrogen and oxygen atoms in total. The average molecular weight is 395 g/mol. The maximum Gasteiger partial charge on any atom is 0.0344 e. The average Bonchev–Trinajstić information content (AvgIpc) is 2.48. The minimum absolute atomic E-state index is 0.383. The number of fused-ring (bicyclic) bond motifs is 1. The minimum Gasteiger partial charge on any atom is -0.303 e. The normalized spacial score (nSPS) is 19.4. The van der Waals surface area contributed by atoms with Crippen molar-refractivity contribution in [2.24, 2.45) is 0 Å². The van der Waals surface area contributed by atoms with Crippen LogP contribution in [-0.4, -0.2) is 5.75 Å². The lowest BCUT2D eigenvalue weighted by Gasteiger charge is -2.29. The fourth-order valence-corrected chi connectivity index (χ4v) is 4.15. The molecule has 0 spiro atoms. The van der Waals surface area contributed by atoms with Crippen LogP contribution in [0.3, 0.4) is 0 Å². The van der Waals surface area contributed by atoms with Gasteiger partial charge < -0.3 is 5.32 Å². The summed E-state index contributed by atoms with van der Waals surface area (Å²) in [6.07, 6.45) is 1.20. The first-order valence-electron chi connectivity index (χ1n) is 6.97. The van der Waals surface area contributed by atoms with Crippen LogP contribution in [0.15, 0.2) is 53.4 Å². The molecule has 0 saturated carbocycles. The number of nitrogens with one attached hydrogen (secondary N) is 1. The lowest BCUT2D eigenvalue weighted by atomic mass is 10.0. The molecule has 1 aliphatic rings. The summed E-state index contributed by atoms with van der Waals surface area (Å²) in [5.74, 6) is 1.20. The van der Waals surface area contributed by atoms with E-state index >= 15 is 0 Å². The monoisotopic (exact) mass is 395 g/mol. The van der Waals surface area contributed by atoms with Crippen LogP contribution >= 0.6 is 34.4 Å². The number of rotatable bonds is 3. The number of halogens is 1. The van der Waals surface area contributed by atoms with Gasteiger partial charge in [-0.05, 0) is 71.0 Å². The second-order valence-electron chi connectivity index (χ2n) is 5.17. The molecular weight excluding hydrogens is 377 g/mol. The summed E-state index contributed by atoms with van der Waals surface area (Å²) in [7, 11) is 0. The summed E-state index contributed by atoms with van der Waals surface area (Å²) < 4.78 is 1.29. The lowest BCUT2D eigenvalue weighted by molar-refractivity contribution is 0.450. The largest absolute Gasteiger partial charge is 0.303 e. The van der Waals surface area contributed by atoms with E-state index in [1.165, 1.54) is 31.8 Å². The van der Waals surface area contributed by atoms with Crippen molar-refractivity contribution in [3.8, 4) is 0 Å². The van der Waals surface area contributed by atoms with Gasteiger partial charge >= 0.3 is 0 Å². The van der Waals surface area contributed by atoms with Crippen molar-refractivity contribution < 1.29 is 0 Å². The van der Waals surface area contributed by atoms with Crippen molar-refractivity contribution in [3.05, 3.63) is 63.2 Å². The highest BCUT2D eigenvalue weighted by Gasteiger charge is 2.21. The molecule has 1 aliphatic heterocycles. The fourth-order valence-electron chi connectivity index (χ4n) is 2.66. The van der Waals surface area contributed by atoms with Crippen LogP contribution in [0.1, 0.15) is 36.6 Å². The molecular formula is C17H18INS. The Kier molecular flexibility index (Phi) is 4.68. The first-order chi connectivity index (χ1) is 9.74. The third kappa shape index (κ3) is 3.21. The number of thioether (sulfide) groups is 1. The first-order valence-corrected chi connectivity index (χ1v) is 9.04. The quantitative estimate of drug-likeness (QED) is 0.719. The van der Waals surface area contributed by atoms with Gasteiger partial charge in [0.05, 0.1) is 0 Å². The Labute approximate surface area is 138 Å². The van der Waals surface area contributed by atoms with Crippen molar-refractivity contribution in [1.29, 1.82) is 0 Å². The van der Waals surface area contributed by atoms with Crippen molar-refractivity contribution in [1.82, 2.24) is 5.32 Å². The van der Waals surface area contributed by atoms with Crippen LogP contribution in [0, 0.1) is 3.57 Å². The van der Waals surface area contributed by atoms with Crippen molar-refractivity contribution in [3.63, 3.8) is 0 Å². The zero-order chi connectivity index (χ0) is 13.9.